The van der Waals surface area contributed by atoms with E-state index in [-0.39, 0.29) is 11.9 Å². The normalized spacial score (nSPS) is 19.3. The van der Waals surface area contributed by atoms with Crippen molar-refractivity contribution < 1.29 is 4.79 Å². The third kappa shape index (κ3) is 2.35. The fourth-order valence-corrected chi connectivity index (χ4v) is 3.62. The lowest BCUT2D eigenvalue weighted by Gasteiger charge is -2.34. The van der Waals surface area contributed by atoms with Crippen LogP contribution in [-0.4, -0.2) is 32.5 Å². The minimum atomic E-state index is 0.0637. The number of rotatable bonds is 2. The van der Waals surface area contributed by atoms with Gasteiger partial charge in [0, 0.05) is 23.3 Å². The van der Waals surface area contributed by atoms with Crippen LogP contribution in [0.4, 0.5) is 0 Å². The molecule has 0 aliphatic carbocycles. The van der Waals surface area contributed by atoms with Gasteiger partial charge >= 0.3 is 0 Å². The van der Waals surface area contributed by atoms with Crippen LogP contribution in [0.3, 0.4) is 0 Å². The highest BCUT2D eigenvalue weighted by Gasteiger charge is 2.31. The first-order valence-corrected chi connectivity index (χ1v) is 7.77. The Kier molecular flexibility index (Phi) is 3.56. The number of carbonyl (C=O) groups is 1. The second kappa shape index (κ2) is 5.36. The lowest BCUT2D eigenvalue weighted by atomic mass is 10.0. The molecule has 0 aromatic carbocycles. The Morgan fingerprint density at radius 2 is 2.30 bits per heavy atom. The van der Waals surface area contributed by atoms with E-state index < -0.39 is 0 Å². The molecule has 3 rings (SSSR count). The predicted molar refractivity (Wildman–Crippen MR) is 77.8 cm³/mol. The van der Waals surface area contributed by atoms with Crippen molar-refractivity contribution >= 4 is 17.2 Å². The molecule has 20 heavy (non-hydrogen) atoms. The van der Waals surface area contributed by atoms with Crippen LogP contribution in [0.5, 0.6) is 0 Å². The number of aromatic nitrogens is 3. The van der Waals surface area contributed by atoms with Crippen molar-refractivity contribution in [3.8, 4) is 0 Å². The number of nitrogens with one attached hydrogen (secondary N) is 1. The quantitative estimate of drug-likeness (QED) is 0.925. The number of piperidine rings is 1. The van der Waals surface area contributed by atoms with E-state index in [0.717, 1.165) is 42.2 Å². The molecule has 0 spiro atoms. The molecule has 1 saturated heterocycles. The largest absolute Gasteiger partial charge is 0.329 e. The number of aryl methyl sites for hydroxylation is 2. The zero-order chi connectivity index (χ0) is 14.1. The molecule has 1 N–H and O–H groups in total. The summed E-state index contributed by atoms with van der Waals surface area (Å²) in [5.74, 6) is 0.0637. The third-order valence-corrected chi connectivity index (χ3v) is 4.81. The van der Waals surface area contributed by atoms with Gasteiger partial charge < -0.3 is 4.90 Å². The first-order chi connectivity index (χ1) is 9.66. The number of aromatic amines is 1. The molecule has 1 aliphatic rings. The lowest BCUT2D eigenvalue weighted by Crippen LogP contribution is -2.38. The molecular formula is C14H18N4OS. The molecule has 0 bridgehead atoms. The molecule has 1 atom stereocenters. The molecule has 0 unspecified atom stereocenters. The smallest absolute Gasteiger partial charge is 0.257 e. The monoisotopic (exact) mass is 290 g/mol. The zero-order valence-electron chi connectivity index (χ0n) is 11.7. The summed E-state index contributed by atoms with van der Waals surface area (Å²) in [6, 6.07) is 0.115. The SMILES string of the molecule is Cc1csc([C@H]2CCCCN2C(=O)c2cn[nH]c2C)n1. The summed E-state index contributed by atoms with van der Waals surface area (Å²) >= 11 is 1.65. The summed E-state index contributed by atoms with van der Waals surface area (Å²) in [7, 11) is 0. The van der Waals surface area contributed by atoms with Gasteiger partial charge in [0.1, 0.15) is 5.01 Å². The second-order valence-corrected chi connectivity index (χ2v) is 6.14. The molecule has 1 fully saturated rings. The van der Waals surface area contributed by atoms with Crippen molar-refractivity contribution in [2.75, 3.05) is 6.54 Å². The molecule has 2 aromatic rings. The highest BCUT2D eigenvalue weighted by atomic mass is 32.1. The van der Waals surface area contributed by atoms with E-state index in [9.17, 15) is 4.79 Å². The number of nitrogens with zero attached hydrogens (tertiary/aromatic N) is 3. The molecule has 1 aliphatic heterocycles. The van der Waals surface area contributed by atoms with E-state index in [0.29, 0.717) is 5.56 Å². The Labute approximate surface area is 122 Å². The van der Waals surface area contributed by atoms with Crippen molar-refractivity contribution in [2.24, 2.45) is 0 Å². The van der Waals surface area contributed by atoms with Gasteiger partial charge in [-0.2, -0.15) is 5.10 Å². The van der Waals surface area contributed by atoms with Gasteiger partial charge in [0.2, 0.25) is 0 Å². The first kappa shape index (κ1) is 13.3. The van der Waals surface area contributed by atoms with Crippen molar-refractivity contribution in [3.05, 3.63) is 33.5 Å². The fraction of sp³-hybridized carbons (Fsp3) is 0.500. The Morgan fingerprint density at radius 1 is 1.45 bits per heavy atom. The van der Waals surface area contributed by atoms with Crippen LogP contribution in [0.25, 0.3) is 0 Å². The highest BCUT2D eigenvalue weighted by Crippen LogP contribution is 2.33. The van der Waals surface area contributed by atoms with Crippen molar-refractivity contribution in [2.45, 2.75) is 39.2 Å². The first-order valence-electron chi connectivity index (χ1n) is 6.90. The molecule has 2 aromatic heterocycles. The van der Waals surface area contributed by atoms with E-state index in [2.05, 4.69) is 20.6 Å². The average molecular weight is 290 g/mol. The van der Waals surface area contributed by atoms with Gasteiger partial charge in [-0.05, 0) is 33.1 Å². The van der Waals surface area contributed by atoms with E-state index in [1.807, 2.05) is 18.7 Å². The Balaban J connectivity index is 1.89. The van der Waals surface area contributed by atoms with Crippen LogP contribution >= 0.6 is 11.3 Å². The third-order valence-electron chi connectivity index (χ3n) is 3.75. The van der Waals surface area contributed by atoms with Gasteiger partial charge in [0.05, 0.1) is 17.8 Å². The molecule has 0 radical (unpaired) electrons. The van der Waals surface area contributed by atoms with Crippen LogP contribution in [0, 0.1) is 13.8 Å². The molecule has 1 amide bonds. The Hall–Kier alpha value is -1.69. The molecular weight excluding hydrogens is 272 g/mol. The number of carbonyl (C=O) groups excluding carboxylic acids is 1. The minimum Gasteiger partial charge on any atom is -0.329 e. The van der Waals surface area contributed by atoms with Crippen LogP contribution in [0.1, 0.15) is 52.1 Å². The van der Waals surface area contributed by atoms with Gasteiger partial charge in [0.15, 0.2) is 0 Å². The summed E-state index contributed by atoms with van der Waals surface area (Å²) in [5, 5.41) is 9.89. The van der Waals surface area contributed by atoms with Crippen LogP contribution in [-0.2, 0) is 0 Å². The summed E-state index contributed by atoms with van der Waals surface area (Å²) in [6.45, 7) is 4.68. The van der Waals surface area contributed by atoms with Crippen molar-refractivity contribution in [3.63, 3.8) is 0 Å². The van der Waals surface area contributed by atoms with E-state index >= 15 is 0 Å². The van der Waals surface area contributed by atoms with E-state index in [1.165, 1.54) is 0 Å². The fourth-order valence-electron chi connectivity index (χ4n) is 2.68. The zero-order valence-corrected chi connectivity index (χ0v) is 12.5. The summed E-state index contributed by atoms with van der Waals surface area (Å²) in [6.07, 6.45) is 4.83. The number of H-pyrrole nitrogens is 1. The van der Waals surface area contributed by atoms with E-state index in [4.69, 9.17) is 0 Å². The van der Waals surface area contributed by atoms with Crippen molar-refractivity contribution in [1.29, 1.82) is 0 Å². The summed E-state index contributed by atoms with van der Waals surface area (Å²) in [5.41, 5.74) is 2.53. The summed E-state index contributed by atoms with van der Waals surface area (Å²) in [4.78, 5) is 19.2. The summed E-state index contributed by atoms with van der Waals surface area (Å²) < 4.78 is 0. The maximum absolute atomic E-state index is 12.7. The highest BCUT2D eigenvalue weighted by molar-refractivity contribution is 7.09. The maximum Gasteiger partial charge on any atom is 0.257 e. The second-order valence-electron chi connectivity index (χ2n) is 5.25. The van der Waals surface area contributed by atoms with Crippen molar-refractivity contribution in [1.82, 2.24) is 20.1 Å². The number of hydrogen-bond donors (Lipinski definition) is 1. The maximum atomic E-state index is 12.7. The van der Waals surface area contributed by atoms with Gasteiger partial charge in [0.25, 0.3) is 5.91 Å². The number of thiazole rings is 1. The van der Waals surface area contributed by atoms with Gasteiger partial charge in [-0.3, -0.25) is 9.89 Å². The number of hydrogen-bond acceptors (Lipinski definition) is 4. The van der Waals surface area contributed by atoms with Crippen LogP contribution in [0.2, 0.25) is 0 Å². The van der Waals surface area contributed by atoms with Crippen LogP contribution < -0.4 is 0 Å². The lowest BCUT2D eigenvalue weighted by molar-refractivity contribution is 0.0610. The Morgan fingerprint density at radius 3 is 2.95 bits per heavy atom. The molecule has 106 valence electrons. The standard InChI is InChI=1S/C14H18N4OS/c1-9-8-20-13(16-9)12-5-3-4-6-18(12)14(19)11-7-15-17-10(11)2/h7-8,12H,3-6H2,1-2H3,(H,15,17)/t12-/m1/s1. The Bertz CT molecular complexity index is 618. The average Bonchev–Trinajstić information content (AvgIpc) is 3.07. The minimum absolute atomic E-state index is 0.0637. The van der Waals surface area contributed by atoms with Gasteiger partial charge in [-0.1, -0.05) is 0 Å². The molecule has 6 heteroatoms. The van der Waals surface area contributed by atoms with Crippen LogP contribution in [0.15, 0.2) is 11.6 Å². The molecule has 5 nitrogen and oxygen atoms in total. The topological polar surface area (TPSA) is 61.9 Å². The van der Waals surface area contributed by atoms with Gasteiger partial charge in [-0.15, -0.1) is 11.3 Å². The number of likely N-dealkylation sites (tertiary alicyclic amines) is 1. The predicted octanol–water partition coefficient (Wildman–Crippen LogP) is 2.85. The molecule has 0 saturated carbocycles. The van der Waals surface area contributed by atoms with Gasteiger partial charge in [-0.25, -0.2) is 4.98 Å². The van der Waals surface area contributed by atoms with E-state index in [1.54, 1.807) is 17.5 Å². The molecule has 3 heterocycles. The number of amides is 1.